The smallest absolute Gasteiger partial charge is 0.307 e. The molecule has 0 saturated carbocycles. The quantitative estimate of drug-likeness (QED) is 0.776. The summed E-state index contributed by atoms with van der Waals surface area (Å²) in [5.41, 5.74) is 2.48. The van der Waals surface area contributed by atoms with Crippen LogP contribution in [0.15, 0.2) is 24.3 Å². The van der Waals surface area contributed by atoms with E-state index in [9.17, 15) is 4.79 Å². The number of likely N-dealkylation sites (N-methyl/N-ethyl adjacent to an activating group) is 1. The Balaban J connectivity index is 2.20. The van der Waals surface area contributed by atoms with Crippen LogP contribution in [0, 0.1) is 6.92 Å². The van der Waals surface area contributed by atoms with E-state index in [0.717, 1.165) is 19.6 Å². The van der Waals surface area contributed by atoms with Crippen molar-refractivity contribution in [1.82, 2.24) is 4.90 Å². The fourth-order valence-corrected chi connectivity index (χ4v) is 2.66. The maximum Gasteiger partial charge on any atom is 0.307 e. The minimum absolute atomic E-state index is 0.140. The van der Waals surface area contributed by atoms with Gasteiger partial charge in [0, 0.05) is 25.3 Å². The minimum Gasteiger partial charge on any atom is -0.469 e. The van der Waals surface area contributed by atoms with E-state index in [0.29, 0.717) is 6.42 Å². The van der Waals surface area contributed by atoms with Crippen LogP contribution in [0.2, 0.25) is 0 Å². The van der Waals surface area contributed by atoms with Crippen molar-refractivity contribution in [2.45, 2.75) is 19.4 Å². The molecule has 1 aromatic carbocycles. The van der Waals surface area contributed by atoms with Crippen molar-refractivity contribution < 1.29 is 9.53 Å². The number of aryl methyl sites for hydroxylation is 1. The topological polar surface area (TPSA) is 32.8 Å². The van der Waals surface area contributed by atoms with E-state index in [-0.39, 0.29) is 12.0 Å². The first-order valence-electron chi connectivity index (χ1n) is 6.69. The highest BCUT2D eigenvalue weighted by molar-refractivity contribution is 5.71. The van der Waals surface area contributed by atoms with Gasteiger partial charge in [-0.2, -0.15) is 0 Å². The molecule has 0 amide bonds. The molecule has 0 N–H and O–H groups in total. The molecular formula is C15H22N2O2. The number of carbonyl (C=O) groups excluding carboxylic acids is 1. The Morgan fingerprint density at radius 3 is 2.79 bits per heavy atom. The average molecular weight is 262 g/mol. The highest BCUT2D eigenvalue weighted by Gasteiger charge is 2.28. The van der Waals surface area contributed by atoms with E-state index in [1.54, 1.807) is 0 Å². The van der Waals surface area contributed by atoms with Gasteiger partial charge in [-0.05, 0) is 25.6 Å². The summed E-state index contributed by atoms with van der Waals surface area (Å²) in [5, 5.41) is 0. The summed E-state index contributed by atoms with van der Waals surface area (Å²) in [6.07, 6.45) is 0.440. The van der Waals surface area contributed by atoms with Gasteiger partial charge in [-0.3, -0.25) is 4.79 Å². The van der Waals surface area contributed by atoms with Gasteiger partial charge in [-0.25, -0.2) is 0 Å². The first kappa shape index (κ1) is 13.9. The highest BCUT2D eigenvalue weighted by Crippen LogP contribution is 2.25. The van der Waals surface area contributed by atoms with Crippen LogP contribution in [-0.2, 0) is 9.53 Å². The molecule has 0 spiro atoms. The number of hydrogen-bond donors (Lipinski definition) is 0. The molecule has 4 heteroatoms. The van der Waals surface area contributed by atoms with Crippen molar-refractivity contribution in [3.05, 3.63) is 29.8 Å². The third kappa shape index (κ3) is 3.26. The van der Waals surface area contributed by atoms with Crippen molar-refractivity contribution >= 4 is 11.7 Å². The predicted octanol–water partition coefficient (Wildman–Crippen LogP) is 1.68. The molecule has 2 rings (SSSR count). The van der Waals surface area contributed by atoms with Crippen LogP contribution in [0.1, 0.15) is 12.0 Å². The summed E-state index contributed by atoms with van der Waals surface area (Å²) in [6.45, 7) is 4.97. The van der Waals surface area contributed by atoms with E-state index in [2.05, 4.69) is 42.0 Å². The number of ether oxygens (including phenoxy) is 1. The van der Waals surface area contributed by atoms with Gasteiger partial charge in [0.15, 0.2) is 0 Å². The third-order valence-corrected chi connectivity index (χ3v) is 3.74. The molecule has 1 aromatic rings. The number of hydrogen-bond acceptors (Lipinski definition) is 4. The number of methoxy groups -OCH3 is 1. The molecule has 1 aliphatic rings. The van der Waals surface area contributed by atoms with E-state index >= 15 is 0 Å². The maximum absolute atomic E-state index is 11.6. The van der Waals surface area contributed by atoms with Crippen LogP contribution in [0.25, 0.3) is 0 Å². The molecule has 4 nitrogen and oxygen atoms in total. The molecule has 0 aliphatic carbocycles. The van der Waals surface area contributed by atoms with Crippen LogP contribution < -0.4 is 4.90 Å². The van der Waals surface area contributed by atoms with Crippen LogP contribution in [0.5, 0.6) is 0 Å². The largest absolute Gasteiger partial charge is 0.469 e. The summed E-state index contributed by atoms with van der Waals surface area (Å²) in [6, 6.07) is 8.53. The molecule has 104 valence electrons. The monoisotopic (exact) mass is 262 g/mol. The van der Waals surface area contributed by atoms with Gasteiger partial charge >= 0.3 is 5.97 Å². The number of para-hydroxylation sites is 1. The predicted molar refractivity (Wildman–Crippen MR) is 76.4 cm³/mol. The van der Waals surface area contributed by atoms with Gasteiger partial charge < -0.3 is 14.5 Å². The van der Waals surface area contributed by atoms with Crippen LogP contribution in [0.3, 0.4) is 0 Å². The summed E-state index contributed by atoms with van der Waals surface area (Å²) in [4.78, 5) is 16.2. The molecule has 1 fully saturated rings. The number of benzene rings is 1. The molecule has 0 aromatic heterocycles. The van der Waals surface area contributed by atoms with E-state index < -0.39 is 0 Å². The zero-order valence-corrected chi connectivity index (χ0v) is 11.9. The second kappa shape index (κ2) is 6.06. The normalized spacial score (nSPS) is 20.4. The van der Waals surface area contributed by atoms with Gasteiger partial charge in [0.25, 0.3) is 0 Å². The Kier molecular flexibility index (Phi) is 4.43. The number of nitrogens with zero attached hydrogens (tertiary/aromatic N) is 2. The molecular weight excluding hydrogens is 240 g/mol. The summed E-state index contributed by atoms with van der Waals surface area (Å²) in [7, 11) is 3.55. The molecule has 1 atom stereocenters. The molecule has 1 saturated heterocycles. The summed E-state index contributed by atoms with van der Waals surface area (Å²) < 4.78 is 4.82. The second-order valence-corrected chi connectivity index (χ2v) is 5.18. The lowest BCUT2D eigenvalue weighted by atomic mass is 10.1. The summed E-state index contributed by atoms with van der Waals surface area (Å²) >= 11 is 0. The Bertz CT molecular complexity index is 448. The second-order valence-electron chi connectivity index (χ2n) is 5.18. The minimum atomic E-state index is -0.140. The third-order valence-electron chi connectivity index (χ3n) is 3.74. The van der Waals surface area contributed by atoms with Gasteiger partial charge in [0.1, 0.15) is 0 Å². The van der Waals surface area contributed by atoms with Crippen molar-refractivity contribution in [2.24, 2.45) is 0 Å². The number of carbonyl (C=O) groups is 1. The fraction of sp³-hybridized carbons (Fsp3) is 0.533. The van der Waals surface area contributed by atoms with Crippen molar-refractivity contribution in [3.8, 4) is 0 Å². The molecule has 1 unspecified atom stereocenters. The lowest BCUT2D eigenvalue weighted by molar-refractivity contribution is -0.141. The molecule has 0 radical (unpaired) electrons. The molecule has 1 heterocycles. The van der Waals surface area contributed by atoms with Gasteiger partial charge in [0.05, 0.1) is 19.6 Å². The molecule has 1 aliphatic heterocycles. The van der Waals surface area contributed by atoms with Crippen LogP contribution >= 0.6 is 0 Å². The van der Waals surface area contributed by atoms with Crippen LogP contribution in [0.4, 0.5) is 5.69 Å². The standard InChI is InChI=1S/C15H22N2O2/c1-12-6-4-5-7-14(12)17-9-8-16(2)11-13(17)10-15(18)19-3/h4-7,13H,8-11H2,1-3H3. The Hall–Kier alpha value is -1.55. The van der Waals surface area contributed by atoms with Crippen molar-refractivity contribution in [1.29, 1.82) is 0 Å². The fourth-order valence-electron chi connectivity index (χ4n) is 2.66. The van der Waals surface area contributed by atoms with Gasteiger partial charge in [0.2, 0.25) is 0 Å². The lowest BCUT2D eigenvalue weighted by Crippen LogP contribution is -2.53. The molecule has 0 bridgehead atoms. The Morgan fingerprint density at radius 2 is 2.11 bits per heavy atom. The van der Waals surface area contributed by atoms with Crippen molar-refractivity contribution in [3.63, 3.8) is 0 Å². The van der Waals surface area contributed by atoms with Crippen molar-refractivity contribution in [2.75, 3.05) is 38.7 Å². The zero-order valence-electron chi connectivity index (χ0n) is 11.9. The average Bonchev–Trinajstić information content (AvgIpc) is 2.40. The van der Waals surface area contributed by atoms with Crippen LogP contribution in [-0.4, -0.2) is 50.7 Å². The Labute approximate surface area is 115 Å². The number of rotatable bonds is 3. The number of esters is 1. The number of piperazine rings is 1. The molecule has 19 heavy (non-hydrogen) atoms. The summed E-state index contributed by atoms with van der Waals surface area (Å²) in [5.74, 6) is -0.140. The first-order valence-corrected chi connectivity index (χ1v) is 6.69. The lowest BCUT2D eigenvalue weighted by Gasteiger charge is -2.41. The van der Waals surface area contributed by atoms with E-state index in [1.165, 1.54) is 18.4 Å². The Morgan fingerprint density at radius 1 is 1.37 bits per heavy atom. The van der Waals surface area contributed by atoms with Gasteiger partial charge in [-0.15, -0.1) is 0 Å². The zero-order chi connectivity index (χ0) is 13.8. The van der Waals surface area contributed by atoms with Gasteiger partial charge in [-0.1, -0.05) is 18.2 Å². The number of anilines is 1. The first-order chi connectivity index (χ1) is 9.11. The maximum atomic E-state index is 11.6. The highest BCUT2D eigenvalue weighted by atomic mass is 16.5. The van der Waals surface area contributed by atoms with E-state index in [1.807, 2.05) is 6.07 Å². The van der Waals surface area contributed by atoms with E-state index in [4.69, 9.17) is 4.74 Å². The SMILES string of the molecule is COC(=O)CC1CN(C)CCN1c1ccccc1C.